The Morgan fingerprint density at radius 3 is 2.95 bits per heavy atom. The van der Waals surface area contributed by atoms with E-state index in [1.807, 2.05) is 0 Å². The van der Waals surface area contributed by atoms with Gasteiger partial charge < -0.3 is 10.6 Å². The minimum Gasteiger partial charge on any atom is -0.352 e. The first kappa shape index (κ1) is 16.4. The van der Waals surface area contributed by atoms with Gasteiger partial charge in [0, 0.05) is 17.1 Å². The minimum atomic E-state index is -0.499. The highest BCUT2D eigenvalue weighted by atomic mass is 79.9. The molecule has 2 rings (SSSR count). The highest BCUT2D eigenvalue weighted by Crippen LogP contribution is 2.19. The van der Waals surface area contributed by atoms with Gasteiger partial charge in [-0.25, -0.2) is 4.39 Å². The summed E-state index contributed by atoms with van der Waals surface area (Å²) in [6.45, 7) is 1.62. The van der Waals surface area contributed by atoms with Gasteiger partial charge in [-0.1, -0.05) is 6.07 Å². The molecule has 0 aromatic heterocycles. The van der Waals surface area contributed by atoms with Crippen LogP contribution in [0.2, 0.25) is 0 Å². The molecule has 1 aromatic rings. The van der Waals surface area contributed by atoms with Crippen LogP contribution in [-0.2, 0) is 0 Å². The molecular weight excluding hydrogens is 335 g/mol. The number of carbonyl (C=O) groups excluding carboxylic acids is 1. The summed E-state index contributed by atoms with van der Waals surface area (Å²) in [7, 11) is 0. The lowest BCUT2D eigenvalue weighted by atomic mass is 10.1. The van der Waals surface area contributed by atoms with E-state index in [-0.39, 0.29) is 23.9 Å². The van der Waals surface area contributed by atoms with Gasteiger partial charge in [-0.2, -0.15) is 0 Å². The molecule has 6 heteroatoms. The van der Waals surface area contributed by atoms with E-state index in [0.29, 0.717) is 17.1 Å². The molecule has 1 atom stereocenters. The third-order valence-corrected chi connectivity index (χ3v) is 3.79. The van der Waals surface area contributed by atoms with Crippen molar-refractivity contribution < 1.29 is 9.18 Å². The van der Waals surface area contributed by atoms with Crippen molar-refractivity contribution in [2.24, 2.45) is 0 Å². The van der Waals surface area contributed by atoms with Crippen LogP contribution in [-0.4, -0.2) is 25.0 Å². The summed E-state index contributed by atoms with van der Waals surface area (Å²) in [6, 6.07) is 5.00. The van der Waals surface area contributed by atoms with Gasteiger partial charge in [-0.3, -0.25) is 4.79 Å². The quantitative estimate of drug-likeness (QED) is 0.876. The monoisotopic (exact) mass is 350 g/mol. The molecular formula is C13H17BrClFN2O. The lowest BCUT2D eigenvalue weighted by Crippen LogP contribution is -2.31. The lowest BCUT2D eigenvalue weighted by Gasteiger charge is -2.11. The third kappa shape index (κ3) is 4.44. The maximum absolute atomic E-state index is 13.5. The van der Waals surface area contributed by atoms with Gasteiger partial charge in [0.15, 0.2) is 0 Å². The Bertz CT molecular complexity index is 418. The number of halogens is 3. The molecule has 106 valence electrons. The van der Waals surface area contributed by atoms with Crippen LogP contribution in [0.25, 0.3) is 0 Å². The van der Waals surface area contributed by atoms with Crippen molar-refractivity contribution in [1.29, 1.82) is 0 Å². The van der Waals surface area contributed by atoms with Crippen LogP contribution in [0.1, 0.15) is 29.6 Å². The van der Waals surface area contributed by atoms with E-state index in [0.717, 1.165) is 19.4 Å². The average Bonchev–Trinajstić information content (AvgIpc) is 2.82. The lowest BCUT2D eigenvalue weighted by molar-refractivity contribution is 0.0947. The Morgan fingerprint density at radius 2 is 2.32 bits per heavy atom. The van der Waals surface area contributed by atoms with Gasteiger partial charge in [-0.15, -0.1) is 12.4 Å². The number of rotatable bonds is 4. The molecule has 1 fully saturated rings. The molecule has 1 heterocycles. The SMILES string of the molecule is Cl.O=C(NCC[C@H]1CCCN1)c1c(F)cccc1Br. The molecule has 0 unspecified atom stereocenters. The van der Waals surface area contributed by atoms with E-state index in [9.17, 15) is 9.18 Å². The molecule has 0 saturated carbocycles. The molecule has 1 saturated heterocycles. The molecule has 1 aliphatic rings. The van der Waals surface area contributed by atoms with E-state index >= 15 is 0 Å². The standard InChI is InChI=1S/C13H16BrFN2O.ClH/c14-10-4-1-5-11(15)12(10)13(18)17-8-6-9-3-2-7-16-9;/h1,4-5,9,16H,2-3,6-8H2,(H,17,18);1H/t9-;/m1./s1. The minimum absolute atomic E-state index is 0. The van der Waals surface area contributed by atoms with Crippen molar-refractivity contribution in [3.05, 3.63) is 34.1 Å². The average molecular weight is 352 g/mol. The van der Waals surface area contributed by atoms with Crippen LogP contribution < -0.4 is 10.6 Å². The highest BCUT2D eigenvalue weighted by molar-refractivity contribution is 9.10. The summed E-state index contributed by atoms with van der Waals surface area (Å²) in [5, 5.41) is 6.12. The molecule has 1 aromatic carbocycles. The second-order valence-corrected chi connectivity index (χ2v) is 5.29. The summed E-state index contributed by atoms with van der Waals surface area (Å²) in [4.78, 5) is 11.9. The molecule has 19 heavy (non-hydrogen) atoms. The predicted octanol–water partition coefficient (Wildman–Crippen LogP) is 2.88. The maximum atomic E-state index is 13.5. The van der Waals surface area contributed by atoms with Gasteiger partial charge in [0.1, 0.15) is 5.82 Å². The number of hydrogen-bond acceptors (Lipinski definition) is 2. The molecule has 0 aliphatic carbocycles. The third-order valence-electron chi connectivity index (χ3n) is 3.13. The molecule has 0 bridgehead atoms. The first-order valence-corrected chi connectivity index (χ1v) is 6.93. The highest BCUT2D eigenvalue weighted by Gasteiger charge is 2.17. The number of amides is 1. The van der Waals surface area contributed by atoms with Gasteiger partial charge in [0.25, 0.3) is 5.91 Å². The van der Waals surface area contributed by atoms with Crippen LogP contribution in [0.4, 0.5) is 4.39 Å². The number of nitrogens with one attached hydrogen (secondary N) is 2. The first-order valence-electron chi connectivity index (χ1n) is 6.14. The largest absolute Gasteiger partial charge is 0.352 e. The van der Waals surface area contributed by atoms with Gasteiger partial charge >= 0.3 is 0 Å². The molecule has 1 aliphatic heterocycles. The molecule has 0 spiro atoms. The zero-order chi connectivity index (χ0) is 13.0. The summed E-state index contributed by atoms with van der Waals surface area (Å²) in [5.41, 5.74) is 0.0804. The van der Waals surface area contributed by atoms with Crippen molar-refractivity contribution in [3.8, 4) is 0 Å². The van der Waals surface area contributed by atoms with E-state index in [4.69, 9.17) is 0 Å². The fourth-order valence-corrected chi connectivity index (χ4v) is 2.69. The zero-order valence-corrected chi connectivity index (χ0v) is 12.8. The second kappa shape index (κ2) is 7.82. The normalized spacial score (nSPS) is 17.9. The first-order chi connectivity index (χ1) is 8.68. The van der Waals surface area contributed by atoms with Gasteiger partial charge in [0.2, 0.25) is 0 Å². The Hall–Kier alpha value is -0.650. The summed E-state index contributed by atoms with van der Waals surface area (Å²) < 4.78 is 14.0. The molecule has 3 nitrogen and oxygen atoms in total. The van der Waals surface area contributed by atoms with Crippen molar-refractivity contribution in [1.82, 2.24) is 10.6 Å². The van der Waals surface area contributed by atoms with Gasteiger partial charge in [0.05, 0.1) is 5.56 Å². The van der Waals surface area contributed by atoms with Crippen molar-refractivity contribution in [2.75, 3.05) is 13.1 Å². The fourth-order valence-electron chi connectivity index (χ4n) is 2.17. The summed E-state index contributed by atoms with van der Waals surface area (Å²) >= 11 is 3.19. The number of benzene rings is 1. The summed E-state index contributed by atoms with van der Waals surface area (Å²) in [6.07, 6.45) is 3.23. The summed E-state index contributed by atoms with van der Waals surface area (Å²) in [5.74, 6) is -0.862. The van der Waals surface area contributed by atoms with Crippen LogP contribution in [0.3, 0.4) is 0 Å². The van der Waals surface area contributed by atoms with Crippen molar-refractivity contribution in [2.45, 2.75) is 25.3 Å². The predicted molar refractivity (Wildman–Crippen MR) is 79.3 cm³/mol. The fraction of sp³-hybridized carbons (Fsp3) is 0.462. The van der Waals surface area contributed by atoms with E-state index in [1.165, 1.54) is 12.5 Å². The van der Waals surface area contributed by atoms with E-state index in [1.54, 1.807) is 12.1 Å². The smallest absolute Gasteiger partial charge is 0.255 e. The van der Waals surface area contributed by atoms with Crippen molar-refractivity contribution >= 4 is 34.2 Å². The zero-order valence-electron chi connectivity index (χ0n) is 10.4. The van der Waals surface area contributed by atoms with Crippen LogP contribution >= 0.6 is 28.3 Å². The maximum Gasteiger partial charge on any atom is 0.255 e. The Balaban J connectivity index is 0.00000180. The topological polar surface area (TPSA) is 41.1 Å². The molecule has 0 radical (unpaired) electrons. The van der Waals surface area contributed by atoms with E-state index < -0.39 is 5.82 Å². The molecule has 1 amide bonds. The Kier molecular flexibility index (Phi) is 6.75. The molecule has 2 N–H and O–H groups in total. The number of carbonyl (C=O) groups is 1. The van der Waals surface area contributed by atoms with Crippen molar-refractivity contribution in [3.63, 3.8) is 0 Å². The van der Waals surface area contributed by atoms with Gasteiger partial charge in [-0.05, 0) is 53.9 Å². The second-order valence-electron chi connectivity index (χ2n) is 4.43. The number of hydrogen-bond donors (Lipinski definition) is 2. The van der Waals surface area contributed by atoms with Crippen LogP contribution in [0.15, 0.2) is 22.7 Å². The van der Waals surface area contributed by atoms with Crippen LogP contribution in [0.5, 0.6) is 0 Å². The Labute approximate surface area is 126 Å². The Morgan fingerprint density at radius 1 is 1.53 bits per heavy atom. The van der Waals surface area contributed by atoms with Crippen LogP contribution in [0, 0.1) is 5.82 Å². The van der Waals surface area contributed by atoms with E-state index in [2.05, 4.69) is 26.6 Å².